The fourth-order valence-corrected chi connectivity index (χ4v) is 1.68. The lowest BCUT2D eigenvalue weighted by Crippen LogP contribution is -1.99. The number of oxime groups is 1. The fourth-order valence-electron chi connectivity index (χ4n) is 1.27. The summed E-state index contributed by atoms with van der Waals surface area (Å²) in [6.07, 6.45) is 4.58. The second-order valence-corrected chi connectivity index (χ2v) is 4.32. The summed E-state index contributed by atoms with van der Waals surface area (Å²) in [6.45, 7) is 5.99. The molecule has 0 aromatic heterocycles. The first-order chi connectivity index (χ1) is 7.76. The second-order valence-electron chi connectivity index (χ2n) is 3.44. The molecule has 0 saturated carbocycles. The van der Waals surface area contributed by atoms with Crippen LogP contribution in [-0.4, -0.2) is 18.6 Å². The summed E-state index contributed by atoms with van der Waals surface area (Å²) in [5, 5.41) is 3.99. The highest BCUT2D eigenvalue weighted by Gasteiger charge is 1.97. The maximum Gasteiger partial charge on any atom is 0.135 e. The third kappa shape index (κ3) is 4.53. The number of hydrogen-bond donors (Lipinski definition) is 0. The molecule has 0 atom stereocenters. The zero-order valence-electron chi connectivity index (χ0n) is 9.77. The minimum Gasteiger partial charge on any atom is -0.392 e. The molecule has 16 heavy (non-hydrogen) atoms. The van der Waals surface area contributed by atoms with Crippen LogP contribution in [0.25, 0.3) is 0 Å². The number of nitrogens with zero attached hydrogens (tertiary/aromatic N) is 1. The third-order valence-electron chi connectivity index (χ3n) is 2.03. The Morgan fingerprint density at radius 1 is 1.44 bits per heavy atom. The van der Waals surface area contributed by atoms with E-state index in [-0.39, 0.29) is 0 Å². The standard InChI is InChI=1S/C13H17NOS/c1-4-9-15-14-11(2)10-12-5-7-13(16-3)8-6-12/h4-8H,1,9-10H2,2-3H3/b14-11+. The van der Waals surface area contributed by atoms with Gasteiger partial charge in [-0.25, -0.2) is 0 Å². The lowest BCUT2D eigenvalue weighted by atomic mass is 10.1. The molecule has 0 fully saturated rings. The van der Waals surface area contributed by atoms with Crippen LogP contribution >= 0.6 is 11.8 Å². The van der Waals surface area contributed by atoms with Crippen molar-refractivity contribution >= 4 is 17.5 Å². The van der Waals surface area contributed by atoms with Crippen LogP contribution in [0.2, 0.25) is 0 Å². The molecule has 0 spiro atoms. The van der Waals surface area contributed by atoms with E-state index in [2.05, 4.69) is 42.3 Å². The Hall–Kier alpha value is -1.22. The number of rotatable bonds is 6. The van der Waals surface area contributed by atoms with Crippen LogP contribution < -0.4 is 0 Å². The summed E-state index contributed by atoms with van der Waals surface area (Å²) < 4.78 is 0. The Kier molecular flexibility index (Phi) is 5.72. The maximum absolute atomic E-state index is 5.03. The molecule has 0 amide bonds. The van der Waals surface area contributed by atoms with Crippen LogP contribution in [-0.2, 0) is 11.3 Å². The molecule has 3 heteroatoms. The SMILES string of the molecule is C=CCO/N=C(\C)Cc1ccc(SC)cc1. The summed E-state index contributed by atoms with van der Waals surface area (Å²) in [6, 6.07) is 8.49. The van der Waals surface area contributed by atoms with Gasteiger partial charge in [0.15, 0.2) is 0 Å². The van der Waals surface area contributed by atoms with Crippen molar-refractivity contribution in [3.8, 4) is 0 Å². The van der Waals surface area contributed by atoms with Gasteiger partial charge in [-0.1, -0.05) is 29.9 Å². The van der Waals surface area contributed by atoms with Crippen molar-refractivity contribution in [1.29, 1.82) is 0 Å². The summed E-state index contributed by atoms with van der Waals surface area (Å²) >= 11 is 1.75. The Morgan fingerprint density at radius 2 is 2.12 bits per heavy atom. The van der Waals surface area contributed by atoms with Gasteiger partial charge in [-0.05, 0) is 30.9 Å². The van der Waals surface area contributed by atoms with Crippen molar-refractivity contribution in [2.75, 3.05) is 12.9 Å². The Morgan fingerprint density at radius 3 is 2.69 bits per heavy atom. The van der Waals surface area contributed by atoms with E-state index in [9.17, 15) is 0 Å². The van der Waals surface area contributed by atoms with E-state index in [1.165, 1.54) is 10.5 Å². The van der Waals surface area contributed by atoms with Gasteiger partial charge < -0.3 is 4.84 Å². The van der Waals surface area contributed by atoms with E-state index < -0.39 is 0 Å². The van der Waals surface area contributed by atoms with E-state index in [1.807, 2.05) is 6.92 Å². The molecule has 0 unspecified atom stereocenters. The third-order valence-corrected chi connectivity index (χ3v) is 2.78. The molecular weight excluding hydrogens is 218 g/mol. The Balaban J connectivity index is 2.51. The van der Waals surface area contributed by atoms with Crippen molar-refractivity contribution in [3.05, 3.63) is 42.5 Å². The van der Waals surface area contributed by atoms with Crippen molar-refractivity contribution < 1.29 is 4.84 Å². The maximum atomic E-state index is 5.03. The van der Waals surface area contributed by atoms with Crippen LogP contribution in [0.5, 0.6) is 0 Å². The molecule has 0 N–H and O–H groups in total. The average Bonchev–Trinajstić information content (AvgIpc) is 2.30. The van der Waals surface area contributed by atoms with E-state index in [4.69, 9.17) is 4.84 Å². The van der Waals surface area contributed by atoms with Crippen LogP contribution in [0.4, 0.5) is 0 Å². The predicted molar refractivity (Wildman–Crippen MR) is 71.2 cm³/mol. The topological polar surface area (TPSA) is 21.6 Å². The summed E-state index contributed by atoms with van der Waals surface area (Å²) in [5.41, 5.74) is 2.22. The summed E-state index contributed by atoms with van der Waals surface area (Å²) in [4.78, 5) is 6.31. The molecule has 0 radical (unpaired) electrons. The monoisotopic (exact) mass is 235 g/mol. The molecule has 0 saturated heterocycles. The van der Waals surface area contributed by atoms with E-state index >= 15 is 0 Å². The number of thioether (sulfide) groups is 1. The highest BCUT2D eigenvalue weighted by Crippen LogP contribution is 2.15. The molecular formula is C13H17NOS. The molecule has 0 bridgehead atoms. The molecule has 0 aliphatic carbocycles. The largest absolute Gasteiger partial charge is 0.392 e. The highest BCUT2D eigenvalue weighted by molar-refractivity contribution is 7.98. The average molecular weight is 235 g/mol. The minimum atomic E-state index is 0.461. The van der Waals surface area contributed by atoms with Crippen molar-refractivity contribution in [3.63, 3.8) is 0 Å². The summed E-state index contributed by atoms with van der Waals surface area (Å²) in [5.74, 6) is 0. The molecule has 0 aliphatic rings. The van der Waals surface area contributed by atoms with E-state index in [0.29, 0.717) is 6.61 Å². The zero-order chi connectivity index (χ0) is 11.8. The molecule has 1 rings (SSSR count). The van der Waals surface area contributed by atoms with Crippen LogP contribution in [0.15, 0.2) is 47.0 Å². The first kappa shape index (κ1) is 12.8. The predicted octanol–water partition coefficient (Wildman–Crippen LogP) is 3.53. The molecule has 86 valence electrons. The molecule has 0 aliphatic heterocycles. The lowest BCUT2D eigenvalue weighted by Gasteiger charge is -2.02. The van der Waals surface area contributed by atoms with Gasteiger partial charge in [0.05, 0.1) is 5.71 Å². The van der Waals surface area contributed by atoms with Gasteiger partial charge in [-0.15, -0.1) is 11.8 Å². The van der Waals surface area contributed by atoms with E-state index in [1.54, 1.807) is 17.8 Å². The normalized spacial score (nSPS) is 11.2. The zero-order valence-corrected chi connectivity index (χ0v) is 10.6. The Labute approximate surface area is 101 Å². The van der Waals surface area contributed by atoms with Crippen LogP contribution in [0, 0.1) is 0 Å². The van der Waals surface area contributed by atoms with Gasteiger partial charge in [0.2, 0.25) is 0 Å². The Bertz CT molecular complexity index is 357. The highest BCUT2D eigenvalue weighted by atomic mass is 32.2. The van der Waals surface area contributed by atoms with E-state index in [0.717, 1.165) is 12.1 Å². The van der Waals surface area contributed by atoms with Gasteiger partial charge in [0, 0.05) is 11.3 Å². The molecule has 0 heterocycles. The van der Waals surface area contributed by atoms with Crippen LogP contribution in [0.1, 0.15) is 12.5 Å². The molecule has 1 aromatic rings. The molecule has 2 nitrogen and oxygen atoms in total. The lowest BCUT2D eigenvalue weighted by molar-refractivity contribution is 0.174. The van der Waals surface area contributed by atoms with Gasteiger partial charge in [0.1, 0.15) is 6.61 Å². The fraction of sp³-hybridized carbons (Fsp3) is 0.308. The van der Waals surface area contributed by atoms with Crippen molar-refractivity contribution in [2.24, 2.45) is 5.16 Å². The number of hydrogen-bond acceptors (Lipinski definition) is 3. The summed E-state index contributed by atoms with van der Waals surface area (Å²) in [7, 11) is 0. The van der Waals surface area contributed by atoms with Crippen LogP contribution in [0.3, 0.4) is 0 Å². The first-order valence-electron chi connectivity index (χ1n) is 5.15. The van der Waals surface area contributed by atoms with Gasteiger partial charge in [-0.3, -0.25) is 0 Å². The van der Waals surface area contributed by atoms with Gasteiger partial charge in [-0.2, -0.15) is 0 Å². The second kappa shape index (κ2) is 7.12. The number of benzene rings is 1. The smallest absolute Gasteiger partial charge is 0.135 e. The molecule has 1 aromatic carbocycles. The van der Waals surface area contributed by atoms with Crippen molar-refractivity contribution in [2.45, 2.75) is 18.2 Å². The van der Waals surface area contributed by atoms with Crippen molar-refractivity contribution in [1.82, 2.24) is 0 Å². The van der Waals surface area contributed by atoms with Gasteiger partial charge in [0.25, 0.3) is 0 Å². The first-order valence-corrected chi connectivity index (χ1v) is 6.38. The van der Waals surface area contributed by atoms with Gasteiger partial charge >= 0.3 is 0 Å². The quantitative estimate of drug-likeness (QED) is 0.247. The minimum absolute atomic E-state index is 0.461.